The molecule has 0 aliphatic heterocycles. The molecular weight excluding hydrogens is 386 g/mol. The lowest BCUT2D eigenvalue weighted by molar-refractivity contribution is 0.598. The summed E-state index contributed by atoms with van der Waals surface area (Å²) in [5.41, 5.74) is 1.57. The molecule has 1 aliphatic carbocycles. The summed E-state index contributed by atoms with van der Waals surface area (Å²) in [7, 11) is -3.78. The average molecular weight is 401 g/mol. The third-order valence-electron chi connectivity index (χ3n) is 4.90. The summed E-state index contributed by atoms with van der Waals surface area (Å²) in [5.74, 6) is 0.762. The van der Waals surface area contributed by atoms with Crippen molar-refractivity contribution in [2.75, 3.05) is 0 Å². The van der Waals surface area contributed by atoms with Crippen molar-refractivity contribution < 1.29 is 8.42 Å². The first-order valence-electron chi connectivity index (χ1n) is 8.48. The number of aromatic nitrogens is 4. The van der Waals surface area contributed by atoms with Gasteiger partial charge in [-0.1, -0.05) is 0 Å². The number of aryl methyl sites for hydroxylation is 2. The predicted octanol–water partition coefficient (Wildman–Crippen LogP) is 1.83. The highest BCUT2D eigenvalue weighted by Crippen LogP contribution is 2.34. The number of nitrogens with two attached hydrogens (primary N) is 1. The van der Waals surface area contributed by atoms with E-state index in [1.54, 1.807) is 23.5 Å². The van der Waals surface area contributed by atoms with Crippen LogP contribution in [-0.4, -0.2) is 28.0 Å². The van der Waals surface area contributed by atoms with Crippen LogP contribution in [0.1, 0.15) is 23.3 Å². The van der Waals surface area contributed by atoms with Crippen molar-refractivity contribution in [1.82, 2.24) is 19.6 Å². The molecule has 0 saturated heterocycles. The van der Waals surface area contributed by atoms with Crippen molar-refractivity contribution in [2.24, 2.45) is 5.14 Å². The molecule has 0 fully saturated rings. The van der Waals surface area contributed by atoms with Crippen LogP contribution >= 0.6 is 11.3 Å². The second-order valence-corrected chi connectivity index (χ2v) is 9.23. The van der Waals surface area contributed by atoms with Gasteiger partial charge in [0.25, 0.3) is 5.56 Å². The molecule has 1 aliphatic rings. The molecule has 4 aromatic rings. The molecule has 0 spiro atoms. The lowest BCUT2D eigenvalue weighted by Crippen LogP contribution is -2.16. The van der Waals surface area contributed by atoms with E-state index in [9.17, 15) is 13.2 Å². The summed E-state index contributed by atoms with van der Waals surface area (Å²) in [6.45, 7) is 0. The molecule has 10 heteroatoms. The standard InChI is InChI=1S/C17H15N5O3S2/c18-27(24,25)10-7-5-9(6-8-10)14-20-21-17-19-15-13(16(23)22(14)17)11-3-1-2-4-12(11)26-15/h5-8H,1-4H2,(H,19,21)(H2,18,24,25). The number of nitrogens with zero attached hydrogens (tertiary/aromatic N) is 3. The van der Waals surface area contributed by atoms with Crippen molar-refractivity contribution in [3.8, 4) is 11.4 Å². The zero-order valence-electron chi connectivity index (χ0n) is 14.1. The number of aromatic amines is 1. The maximum absolute atomic E-state index is 13.3. The van der Waals surface area contributed by atoms with Gasteiger partial charge in [-0.2, -0.15) is 5.10 Å². The molecule has 0 saturated carbocycles. The smallest absolute Gasteiger partial charge is 0.268 e. The van der Waals surface area contributed by atoms with Crippen molar-refractivity contribution >= 4 is 37.4 Å². The molecule has 27 heavy (non-hydrogen) atoms. The Morgan fingerprint density at radius 2 is 1.89 bits per heavy atom. The van der Waals surface area contributed by atoms with Crippen molar-refractivity contribution in [1.29, 1.82) is 0 Å². The van der Waals surface area contributed by atoms with Crippen LogP contribution in [0, 0.1) is 0 Å². The number of fused-ring (bicyclic) bond motifs is 4. The molecule has 3 N–H and O–H groups in total. The molecule has 3 aromatic heterocycles. The summed E-state index contributed by atoms with van der Waals surface area (Å²) < 4.78 is 24.3. The predicted molar refractivity (Wildman–Crippen MR) is 102 cm³/mol. The lowest BCUT2D eigenvalue weighted by atomic mass is 9.97. The number of thiophene rings is 1. The van der Waals surface area contributed by atoms with E-state index in [-0.39, 0.29) is 10.5 Å². The van der Waals surface area contributed by atoms with Crippen LogP contribution in [0.2, 0.25) is 0 Å². The molecule has 0 radical (unpaired) electrons. The number of hydrogen-bond acceptors (Lipinski definition) is 6. The average Bonchev–Trinajstić information content (AvgIpc) is 3.22. The molecular formula is C17H15N5O3S2. The van der Waals surface area contributed by atoms with Crippen LogP contribution < -0.4 is 10.7 Å². The van der Waals surface area contributed by atoms with Gasteiger partial charge >= 0.3 is 0 Å². The fourth-order valence-corrected chi connectivity index (χ4v) is 5.38. The van der Waals surface area contributed by atoms with Crippen LogP contribution in [0.4, 0.5) is 0 Å². The maximum Gasteiger partial charge on any atom is 0.269 e. The quantitative estimate of drug-likeness (QED) is 0.530. The van der Waals surface area contributed by atoms with Crippen LogP contribution in [-0.2, 0) is 22.9 Å². The molecule has 8 nitrogen and oxygen atoms in total. The third kappa shape index (κ3) is 2.52. The van der Waals surface area contributed by atoms with E-state index in [2.05, 4.69) is 15.2 Å². The Kier molecular flexibility index (Phi) is 3.51. The Bertz CT molecular complexity index is 1360. The Labute approximate surface area is 157 Å². The van der Waals surface area contributed by atoms with Crippen molar-refractivity contribution in [3.05, 3.63) is 45.1 Å². The van der Waals surface area contributed by atoms with Gasteiger partial charge in [0.05, 0.1) is 10.3 Å². The maximum atomic E-state index is 13.3. The summed E-state index contributed by atoms with van der Waals surface area (Å²) in [4.78, 5) is 19.8. The zero-order valence-corrected chi connectivity index (χ0v) is 15.7. The summed E-state index contributed by atoms with van der Waals surface area (Å²) in [5, 5.41) is 12.9. The Balaban J connectivity index is 1.75. The molecule has 0 unspecified atom stereocenters. The molecule has 0 bridgehead atoms. The summed E-state index contributed by atoms with van der Waals surface area (Å²) >= 11 is 1.59. The molecule has 0 amide bonds. The minimum Gasteiger partial charge on any atom is -0.268 e. The highest BCUT2D eigenvalue weighted by atomic mass is 32.2. The van der Waals surface area contributed by atoms with E-state index >= 15 is 0 Å². The molecule has 3 heterocycles. The Morgan fingerprint density at radius 3 is 2.63 bits per heavy atom. The van der Waals surface area contributed by atoms with Crippen LogP contribution in [0.15, 0.2) is 34.0 Å². The van der Waals surface area contributed by atoms with Gasteiger partial charge in [0, 0.05) is 10.4 Å². The van der Waals surface area contributed by atoms with Crippen LogP contribution in [0.25, 0.3) is 27.4 Å². The first kappa shape index (κ1) is 16.6. The monoisotopic (exact) mass is 401 g/mol. The third-order valence-corrected chi connectivity index (χ3v) is 7.02. The van der Waals surface area contributed by atoms with Crippen molar-refractivity contribution in [2.45, 2.75) is 30.6 Å². The summed E-state index contributed by atoms with van der Waals surface area (Å²) in [6.07, 6.45) is 4.11. The minimum absolute atomic E-state index is 0.00542. The molecule has 138 valence electrons. The number of hydrogen-bond donors (Lipinski definition) is 2. The molecule has 5 rings (SSSR count). The number of H-pyrrole nitrogens is 1. The van der Waals surface area contributed by atoms with Crippen molar-refractivity contribution in [3.63, 3.8) is 0 Å². The van der Waals surface area contributed by atoms with Gasteiger partial charge in [0.2, 0.25) is 15.8 Å². The van der Waals surface area contributed by atoms with E-state index in [4.69, 9.17) is 5.14 Å². The fraction of sp³-hybridized carbons (Fsp3) is 0.235. The Hall–Kier alpha value is -2.56. The highest BCUT2D eigenvalue weighted by molar-refractivity contribution is 7.89. The number of nitrogens with one attached hydrogen (secondary N) is 1. The van der Waals surface area contributed by atoms with E-state index in [1.807, 2.05) is 0 Å². The van der Waals surface area contributed by atoms with E-state index in [0.717, 1.165) is 36.1 Å². The number of sulfonamides is 1. The van der Waals surface area contributed by atoms with E-state index < -0.39 is 10.0 Å². The number of benzene rings is 1. The topological polar surface area (TPSA) is 123 Å². The molecule has 1 aromatic carbocycles. The van der Waals surface area contributed by atoms with Gasteiger partial charge in [-0.3, -0.25) is 4.79 Å². The first-order chi connectivity index (χ1) is 12.9. The first-order valence-corrected chi connectivity index (χ1v) is 10.8. The van der Waals surface area contributed by atoms with Gasteiger partial charge in [-0.05, 0) is 55.5 Å². The van der Waals surface area contributed by atoms with Gasteiger partial charge < -0.3 is 0 Å². The Morgan fingerprint density at radius 1 is 1.15 bits per heavy atom. The van der Waals surface area contributed by atoms with Gasteiger partial charge in [-0.25, -0.2) is 28.0 Å². The summed E-state index contributed by atoms with van der Waals surface area (Å²) in [6, 6.07) is 5.95. The van der Waals surface area contributed by atoms with E-state index in [1.165, 1.54) is 21.4 Å². The minimum atomic E-state index is -3.78. The van der Waals surface area contributed by atoms with E-state index in [0.29, 0.717) is 22.6 Å². The second kappa shape index (κ2) is 5.72. The normalized spacial score (nSPS) is 14.7. The highest BCUT2D eigenvalue weighted by Gasteiger charge is 2.22. The van der Waals surface area contributed by atoms with Crippen LogP contribution in [0.5, 0.6) is 0 Å². The SMILES string of the molecule is NS(=O)(=O)c1ccc(-c2n[nH]c3nc4sc5c(c4c(=O)n23)CCCC5)cc1. The second-order valence-electron chi connectivity index (χ2n) is 6.58. The molecule has 0 atom stereocenters. The van der Waals surface area contributed by atoms with Gasteiger partial charge in [-0.15, -0.1) is 11.3 Å². The van der Waals surface area contributed by atoms with Gasteiger partial charge in [0.1, 0.15) is 4.83 Å². The number of primary sulfonamides is 1. The van der Waals surface area contributed by atoms with Gasteiger partial charge in [0.15, 0.2) is 5.82 Å². The largest absolute Gasteiger partial charge is 0.269 e. The van der Waals surface area contributed by atoms with Crippen LogP contribution in [0.3, 0.4) is 0 Å². The fourth-order valence-electron chi connectivity index (χ4n) is 3.62. The zero-order chi connectivity index (χ0) is 18.8. The lowest BCUT2D eigenvalue weighted by Gasteiger charge is -2.09. The number of rotatable bonds is 2.